The maximum absolute atomic E-state index is 13.0. The van der Waals surface area contributed by atoms with Gasteiger partial charge in [0, 0.05) is 11.8 Å². The van der Waals surface area contributed by atoms with Crippen molar-refractivity contribution in [1.29, 1.82) is 0 Å². The van der Waals surface area contributed by atoms with Crippen LogP contribution in [0.25, 0.3) is 10.2 Å². The van der Waals surface area contributed by atoms with Crippen molar-refractivity contribution < 1.29 is 14.3 Å². The third-order valence-corrected chi connectivity index (χ3v) is 8.39. The lowest BCUT2D eigenvalue weighted by molar-refractivity contribution is -0.142. The summed E-state index contributed by atoms with van der Waals surface area (Å²) in [7, 11) is 0. The summed E-state index contributed by atoms with van der Waals surface area (Å²) in [4.78, 5) is 31.9. The number of benzene rings is 1. The summed E-state index contributed by atoms with van der Waals surface area (Å²) < 4.78 is 6.73. The molecular weight excluding hydrogens is 448 g/mol. The van der Waals surface area contributed by atoms with Crippen LogP contribution in [0, 0.1) is 11.8 Å². The second-order valence-electron chi connectivity index (χ2n) is 7.27. The van der Waals surface area contributed by atoms with Crippen LogP contribution >= 0.6 is 46.9 Å². The van der Waals surface area contributed by atoms with Gasteiger partial charge in [0.25, 0.3) is 0 Å². The van der Waals surface area contributed by atoms with Crippen molar-refractivity contribution in [2.45, 2.75) is 49.1 Å². The molecule has 0 N–H and O–H groups in total. The van der Waals surface area contributed by atoms with Crippen LogP contribution < -0.4 is 4.90 Å². The summed E-state index contributed by atoms with van der Waals surface area (Å²) in [5.41, 5.74) is 1.36. The van der Waals surface area contributed by atoms with E-state index in [9.17, 15) is 9.59 Å². The molecule has 5 nitrogen and oxygen atoms in total. The Bertz CT molecular complexity index is 969. The van der Waals surface area contributed by atoms with Crippen LogP contribution in [0.15, 0.2) is 16.5 Å². The number of amides is 1. The van der Waals surface area contributed by atoms with Gasteiger partial charge in [-0.05, 0) is 38.8 Å². The average Bonchev–Trinajstić information content (AvgIpc) is 3.19. The number of fused-ring (bicyclic) bond motifs is 2. The van der Waals surface area contributed by atoms with Crippen molar-refractivity contribution >= 4 is 79.7 Å². The third-order valence-electron chi connectivity index (χ3n) is 5.42. The maximum atomic E-state index is 13.0. The van der Waals surface area contributed by atoms with Crippen molar-refractivity contribution in [3.63, 3.8) is 0 Å². The lowest BCUT2D eigenvalue weighted by Crippen LogP contribution is -2.30. The average molecular weight is 469 g/mol. The number of esters is 1. The Hall–Kier alpha value is -1.22. The summed E-state index contributed by atoms with van der Waals surface area (Å²) in [6.45, 7) is 3.95. The van der Waals surface area contributed by atoms with Gasteiger partial charge in [-0.2, -0.15) is 0 Å². The molecule has 2 aliphatic rings. The first-order valence-electron chi connectivity index (χ1n) is 9.72. The number of nitrogens with zero attached hydrogens (tertiary/aromatic N) is 2. The number of carbonyl (C=O) groups is 2. The number of carbonyl (C=O) groups excluding carboxylic acids is 2. The molecule has 1 aromatic heterocycles. The molecule has 2 aromatic rings. The van der Waals surface area contributed by atoms with E-state index in [4.69, 9.17) is 28.6 Å². The molecule has 0 spiro atoms. The van der Waals surface area contributed by atoms with E-state index in [2.05, 4.69) is 4.98 Å². The molecule has 0 bridgehead atoms. The molecule has 29 heavy (non-hydrogen) atoms. The van der Waals surface area contributed by atoms with Crippen LogP contribution in [0.4, 0.5) is 5.69 Å². The maximum Gasteiger partial charge on any atom is 0.319 e. The van der Waals surface area contributed by atoms with E-state index >= 15 is 0 Å². The molecule has 1 saturated heterocycles. The molecule has 2 fully saturated rings. The number of halogens is 1. The smallest absolute Gasteiger partial charge is 0.319 e. The quantitative estimate of drug-likeness (QED) is 0.329. The van der Waals surface area contributed by atoms with Crippen LogP contribution in [0.1, 0.15) is 39.5 Å². The number of rotatable bonds is 5. The van der Waals surface area contributed by atoms with Crippen LogP contribution in [0.5, 0.6) is 0 Å². The van der Waals surface area contributed by atoms with Crippen molar-refractivity contribution in [3.8, 4) is 0 Å². The molecule has 1 aliphatic carbocycles. The van der Waals surface area contributed by atoms with Gasteiger partial charge in [0.05, 0.1) is 32.5 Å². The topological polar surface area (TPSA) is 59.5 Å². The molecule has 3 atom stereocenters. The Morgan fingerprint density at radius 3 is 2.83 bits per heavy atom. The summed E-state index contributed by atoms with van der Waals surface area (Å²) in [6, 6.07) is 3.68. The molecule has 1 aliphatic heterocycles. The Balaban J connectivity index is 1.63. The Morgan fingerprint density at radius 2 is 2.14 bits per heavy atom. The van der Waals surface area contributed by atoms with Gasteiger partial charge in [0.15, 0.2) is 4.34 Å². The van der Waals surface area contributed by atoms with Crippen LogP contribution in [0.3, 0.4) is 0 Å². The van der Waals surface area contributed by atoms with Crippen molar-refractivity contribution in [1.82, 2.24) is 4.98 Å². The van der Waals surface area contributed by atoms with E-state index < -0.39 is 0 Å². The van der Waals surface area contributed by atoms with E-state index in [-0.39, 0.29) is 29.0 Å². The second-order valence-corrected chi connectivity index (χ2v) is 10.7. The Morgan fingerprint density at radius 1 is 1.41 bits per heavy atom. The number of anilines is 1. The fourth-order valence-electron chi connectivity index (χ4n) is 4.00. The van der Waals surface area contributed by atoms with Crippen LogP contribution in [-0.2, 0) is 14.3 Å². The number of aromatic nitrogens is 1. The molecule has 1 aromatic carbocycles. The van der Waals surface area contributed by atoms with Crippen LogP contribution in [-0.4, -0.2) is 33.7 Å². The molecule has 2 heterocycles. The zero-order valence-electron chi connectivity index (χ0n) is 16.1. The monoisotopic (exact) mass is 468 g/mol. The summed E-state index contributed by atoms with van der Waals surface area (Å²) >= 11 is 15.1. The number of thioether (sulfide) groups is 1. The highest BCUT2D eigenvalue weighted by Gasteiger charge is 2.46. The highest BCUT2D eigenvalue weighted by molar-refractivity contribution is 8.02. The van der Waals surface area contributed by atoms with Gasteiger partial charge < -0.3 is 4.74 Å². The van der Waals surface area contributed by atoms with E-state index in [1.165, 1.54) is 23.1 Å². The lowest BCUT2D eigenvalue weighted by atomic mass is 9.81. The van der Waals surface area contributed by atoms with Crippen molar-refractivity contribution in [2.24, 2.45) is 11.8 Å². The molecule has 1 saturated carbocycles. The molecule has 3 unspecified atom stereocenters. The third kappa shape index (κ3) is 3.92. The largest absolute Gasteiger partial charge is 0.465 e. The summed E-state index contributed by atoms with van der Waals surface area (Å²) in [5, 5.41) is 0.145. The molecule has 154 valence electrons. The van der Waals surface area contributed by atoms with Crippen molar-refractivity contribution in [2.75, 3.05) is 11.5 Å². The van der Waals surface area contributed by atoms with Crippen LogP contribution in [0.2, 0.25) is 5.02 Å². The van der Waals surface area contributed by atoms with Gasteiger partial charge in [-0.3, -0.25) is 14.5 Å². The van der Waals surface area contributed by atoms with E-state index in [1.807, 2.05) is 12.1 Å². The predicted molar refractivity (Wildman–Crippen MR) is 122 cm³/mol. The SMILES string of the molecule is CCOC(=O)C(C)Sc1nc2cc(N3C(=O)C4CCCCC4C3=S)c(Cl)cc2s1. The molecule has 1 amide bonds. The zero-order valence-corrected chi connectivity index (χ0v) is 19.3. The predicted octanol–water partition coefficient (Wildman–Crippen LogP) is 5.47. The van der Waals surface area contributed by atoms with E-state index in [0.29, 0.717) is 22.3 Å². The van der Waals surface area contributed by atoms with Gasteiger partial charge in [-0.15, -0.1) is 11.3 Å². The summed E-state index contributed by atoms with van der Waals surface area (Å²) in [5.74, 6) is -0.0761. The standard InChI is InChI=1S/C20H21ClN2O3S3/c1-3-26-19(25)10(2)28-20-22-14-9-15(13(21)8-16(14)29-20)23-17(24)11-6-4-5-7-12(11)18(23)27/h8-12H,3-7H2,1-2H3. The lowest BCUT2D eigenvalue weighted by Gasteiger charge is -2.21. The fourth-order valence-corrected chi connectivity index (χ4v) is 7.01. The first kappa shape index (κ1) is 21.0. The van der Waals surface area contributed by atoms with Gasteiger partial charge >= 0.3 is 5.97 Å². The minimum Gasteiger partial charge on any atom is -0.465 e. The number of hydrogen-bond donors (Lipinski definition) is 0. The number of hydrogen-bond acceptors (Lipinski definition) is 7. The first-order valence-corrected chi connectivity index (χ1v) is 12.2. The van der Waals surface area contributed by atoms with E-state index in [1.54, 1.807) is 18.7 Å². The molecular formula is C20H21ClN2O3S3. The normalized spacial score (nSPS) is 22.8. The number of thiazole rings is 1. The molecule has 4 rings (SSSR count). The van der Waals surface area contributed by atoms with Gasteiger partial charge in [0.1, 0.15) is 5.25 Å². The minimum atomic E-state index is -0.346. The van der Waals surface area contributed by atoms with Crippen molar-refractivity contribution in [3.05, 3.63) is 17.2 Å². The highest BCUT2D eigenvalue weighted by Crippen LogP contribution is 2.44. The number of ether oxygens (including phenoxy) is 1. The highest BCUT2D eigenvalue weighted by atomic mass is 35.5. The summed E-state index contributed by atoms with van der Waals surface area (Å²) in [6.07, 6.45) is 4.04. The molecule has 9 heteroatoms. The van der Waals surface area contributed by atoms with E-state index in [0.717, 1.165) is 40.2 Å². The fraction of sp³-hybridized carbons (Fsp3) is 0.500. The Labute approximate surface area is 188 Å². The van der Waals surface area contributed by atoms with Gasteiger partial charge in [-0.1, -0.05) is 48.4 Å². The second kappa shape index (κ2) is 8.49. The number of thiocarbonyl (C=S) groups is 1. The minimum absolute atomic E-state index is 0.0185. The molecule has 0 radical (unpaired) electrons. The van der Waals surface area contributed by atoms with Gasteiger partial charge in [0.2, 0.25) is 5.91 Å². The van der Waals surface area contributed by atoms with Gasteiger partial charge in [-0.25, -0.2) is 4.98 Å². The zero-order chi connectivity index (χ0) is 20.7. The Kier molecular flexibility index (Phi) is 6.16. The first-order chi connectivity index (χ1) is 13.9.